The van der Waals surface area contributed by atoms with Gasteiger partial charge in [0, 0.05) is 0 Å². The van der Waals surface area contributed by atoms with Crippen molar-refractivity contribution in [3.8, 4) is 0 Å². The van der Waals surface area contributed by atoms with Crippen molar-refractivity contribution in [1.29, 1.82) is 0 Å². The molecule has 0 aliphatic heterocycles. The highest BCUT2D eigenvalue weighted by Crippen LogP contribution is 2.27. The van der Waals surface area contributed by atoms with Crippen LogP contribution in [0, 0.1) is 11.8 Å². The smallest absolute Gasteiger partial charge is 0.0391 e. The van der Waals surface area contributed by atoms with Gasteiger partial charge in [0.15, 0.2) is 0 Å². The van der Waals surface area contributed by atoms with Crippen LogP contribution in [0.15, 0.2) is 0 Å². The van der Waals surface area contributed by atoms with Crippen molar-refractivity contribution >= 4 is 0 Å². The molecular formula is C25H52. The molecule has 0 amide bonds. The molecule has 0 aliphatic carbocycles. The molecule has 0 fully saturated rings. The molecule has 0 radical (unpaired) electrons. The van der Waals surface area contributed by atoms with E-state index >= 15 is 0 Å². The lowest BCUT2D eigenvalue weighted by atomic mass is 9.83. The van der Waals surface area contributed by atoms with E-state index in [0.717, 1.165) is 11.8 Å². The molecule has 0 heterocycles. The molecule has 0 rings (SSSR count). The van der Waals surface area contributed by atoms with Crippen molar-refractivity contribution in [1.82, 2.24) is 0 Å². The zero-order chi connectivity index (χ0) is 18.6. The molecule has 0 N–H and O–H groups in total. The number of rotatable bonds is 20. The Hall–Kier alpha value is 0. The van der Waals surface area contributed by atoms with Crippen molar-refractivity contribution in [3.63, 3.8) is 0 Å². The van der Waals surface area contributed by atoms with Crippen LogP contribution < -0.4 is 0 Å². The van der Waals surface area contributed by atoms with E-state index in [0.29, 0.717) is 0 Å². The largest absolute Gasteiger partial charge is 0.0654 e. The highest BCUT2D eigenvalue weighted by molar-refractivity contribution is 4.66. The van der Waals surface area contributed by atoms with Crippen LogP contribution in [0.4, 0.5) is 0 Å². The SMILES string of the molecule is CCCCCCCCCCC(C)C(CC)CCCCCCCCCC. The van der Waals surface area contributed by atoms with Gasteiger partial charge in [-0.2, -0.15) is 0 Å². The second kappa shape index (κ2) is 20.3. The van der Waals surface area contributed by atoms with E-state index in [2.05, 4.69) is 27.7 Å². The minimum Gasteiger partial charge on any atom is -0.0654 e. The minimum absolute atomic E-state index is 0.953. The molecule has 2 unspecified atom stereocenters. The van der Waals surface area contributed by atoms with Crippen LogP contribution in [0.3, 0.4) is 0 Å². The average Bonchev–Trinajstić information content (AvgIpc) is 2.62. The first-order valence-electron chi connectivity index (χ1n) is 12.3. The molecule has 0 heteroatoms. The Morgan fingerprint density at radius 3 is 1.20 bits per heavy atom. The maximum absolute atomic E-state index is 2.53. The van der Waals surface area contributed by atoms with Crippen molar-refractivity contribution in [2.45, 2.75) is 150 Å². The zero-order valence-electron chi connectivity index (χ0n) is 18.6. The molecule has 0 aromatic heterocycles. The monoisotopic (exact) mass is 352 g/mol. The summed E-state index contributed by atoms with van der Waals surface area (Å²) in [5.41, 5.74) is 0. The van der Waals surface area contributed by atoms with Gasteiger partial charge in [-0.3, -0.25) is 0 Å². The molecule has 0 spiro atoms. The van der Waals surface area contributed by atoms with Crippen LogP contribution in [0.1, 0.15) is 150 Å². The number of hydrogen-bond donors (Lipinski definition) is 0. The molecule has 25 heavy (non-hydrogen) atoms. The lowest BCUT2D eigenvalue weighted by Crippen LogP contribution is -2.11. The summed E-state index contributed by atoms with van der Waals surface area (Å²) >= 11 is 0. The molecule has 0 nitrogen and oxygen atoms in total. The quantitative estimate of drug-likeness (QED) is 0.191. The summed E-state index contributed by atoms with van der Waals surface area (Å²) in [6.45, 7) is 9.55. The summed E-state index contributed by atoms with van der Waals surface area (Å²) < 4.78 is 0. The average molecular weight is 353 g/mol. The standard InChI is InChI=1S/C25H52/c1-5-8-10-12-14-16-18-20-22-24(4)25(7-3)23-21-19-17-15-13-11-9-6-2/h24-25H,5-23H2,1-4H3. The minimum atomic E-state index is 0.953. The predicted molar refractivity (Wildman–Crippen MR) is 117 cm³/mol. The van der Waals surface area contributed by atoms with Gasteiger partial charge in [0.25, 0.3) is 0 Å². The van der Waals surface area contributed by atoms with Crippen LogP contribution >= 0.6 is 0 Å². The van der Waals surface area contributed by atoms with Gasteiger partial charge < -0.3 is 0 Å². The molecule has 0 aromatic rings. The zero-order valence-corrected chi connectivity index (χ0v) is 18.6. The van der Waals surface area contributed by atoms with Crippen molar-refractivity contribution in [2.24, 2.45) is 11.8 Å². The lowest BCUT2D eigenvalue weighted by Gasteiger charge is -2.22. The molecule has 0 saturated carbocycles. The fraction of sp³-hybridized carbons (Fsp3) is 1.00. The summed E-state index contributed by atoms with van der Waals surface area (Å²) in [5, 5.41) is 0. The topological polar surface area (TPSA) is 0 Å². The van der Waals surface area contributed by atoms with Gasteiger partial charge >= 0.3 is 0 Å². The van der Waals surface area contributed by atoms with E-state index in [-0.39, 0.29) is 0 Å². The van der Waals surface area contributed by atoms with Crippen molar-refractivity contribution in [3.05, 3.63) is 0 Å². The molecule has 0 aliphatic rings. The first kappa shape index (κ1) is 25.0. The highest BCUT2D eigenvalue weighted by Gasteiger charge is 2.14. The molecule has 0 saturated heterocycles. The summed E-state index contributed by atoms with van der Waals surface area (Å²) in [6.07, 6.45) is 27.7. The van der Waals surface area contributed by atoms with Crippen molar-refractivity contribution < 1.29 is 0 Å². The second-order valence-corrected chi connectivity index (χ2v) is 8.67. The highest BCUT2D eigenvalue weighted by atomic mass is 14.2. The molecule has 152 valence electrons. The van der Waals surface area contributed by atoms with E-state index in [4.69, 9.17) is 0 Å². The molecule has 2 atom stereocenters. The fourth-order valence-electron chi connectivity index (χ4n) is 4.27. The van der Waals surface area contributed by atoms with Gasteiger partial charge in [-0.1, -0.05) is 150 Å². The van der Waals surface area contributed by atoms with Gasteiger partial charge in [0.2, 0.25) is 0 Å². The summed E-state index contributed by atoms with van der Waals surface area (Å²) in [5.74, 6) is 1.94. The van der Waals surface area contributed by atoms with E-state index in [1.165, 1.54) is 122 Å². The molecule has 0 aromatic carbocycles. The first-order chi connectivity index (χ1) is 12.3. The van der Waals surface area contributed by atoms with Crippen LogP contribution in [-0.2, 0) is 0 Å². The summed E-state index contributed by atoms with van der Waals surface area (Å²) in [6, 6.07) is 0. The van der Waals surface area contributed by atoms with Gasteiger partial charge in [-0.25, -0.2) is 0 Å². The number of unbranched alkanes of at least 4 members (excludes halogenated alkanes) is 14. The molecule has 0 bridgehead atoms. The Balaban J connectivity index is 3.50. The molecular weight excluding hydrogens is 300 g/mol. The lowest BCUT2D eigenvalue weighted by molar-refractivity contribution is 0.291. The van der Waals surface area contributed by atoms with Gasteiger partial charge in [0.1, 0.15) is 0 Å². The Bertz CT molecular complexity index is 232. The Kier molecular flexibility index (Phi) is 20.3. The van der Waals surface area contributed by atoms with E-state index in [1.807, 2.05) is 0 Å². The van der Waals surface area contributed by atoms with Gasteiger partial charge in [0.05, 0.1) is 0 Å². The van der Waals surface area contributed by atoms with Crippen molar-refractivity contribution in [2.75, 3.05) is 0 Å². The third kappa shape index (κ3) is 17.2. The Morgan fingerprint density at radius 2 is 0.800 bits per heavy atom. The van der Waals surface area contributed by atoms with Crippen LogP contribution in [-0.4, -0.2) is 0 Å². The van der Waals surface area contributed by atoms with Crippen LogP contribution in [0.5, 0.6) is 0 Å². The van der Waals surface area contributed by atoms with Crippen LogP contribution in [0.25, 0.3) is 0 Å². The van der Waals surface area contributed by atoms with E-state index < -0.39 is 0 Å². The fourth-order valence-corrected chi connectivity index (χ4v) is 4.27. The number of hydrogen-bond acceptors (Lipinski definition) is 0. The van der Waals surface area contributed by atoms with E-state index in [9.17, 15) is 0 Å². The maximum Gasteiger partial charge on any atom is -0.0391 e. The normalized spacial score (nSPS) is 13.9. The second-order valence-electron chi connectivity index (χ2n) is 8.67. The third-order valence-electron chi connectivity index (χ3n) is 6.27. The Labute approximate surface area is 161 Å². The summed E-state index contributed by atoms with van der Waals surface area (Å²) in [7, 11) is 0. The van der Waals surface area contributed by atoms with Gasteiger partial charge in [-0.15, -0.1) is 0 Å². The Morgan fingerprint density at radius 1 is 0.440 bits per heavy atom. The third-order valence-corrected chi connectivity index (χ3v) is 6.27. The predicted octanol–water partition coefficient (Wildman–Crippen LogP) is 9.71. The van der Waals surface area contributed by atoms with Crippen LogP contribution in [0.2, 0.25) is 0 Å². The first-order valence-corrected chi connectivity index (χ1v) is 12.3. The van der Waals surface area contributed by atoms with Gasteiger partial charge in [-0.05, 0) is 11.8 Å². The summed E-state index contributed by atoms with van der Waals surface area (Å²) in [4.78, 5) is 0. The maximum atomic E-state index is 2.53. The van der Waals surface area contributed by atoms with E-state index in [1.54, 1.807) is 0 Å².